The van der Waals surface area contributed by atoms with Gasteiger partial charge in [0.2, 0.25) is 0 Å². The van der Waals surface area contributed by atoms with Crippen molar-refractivity contribution in [2.75, 3.05) is 11.9 Å². The lowest BCUT2D eigenvalue weighted by molar-refractivity contribution is -0.137. The molecule has 4 heteroatoms. The maximum atomic E-state index is 13.4. The van der Waals surface area contributed by atoms with Gasteiger partial charge in [-0.15, -0.1) is 0 Å². The summed E-state index contributed by atoms with van der Waals surface area (Å²) in [6, 6.07) is 31.0. The number of fused-ring (bicyclic) bond motifs is 4. The number of rotatable bonds is 6. The molecule has 0 aliphatic carbocycles. The van der Waals surface area contributed by atoms with Crippen molar-refractivity contribution in [2.24, 2.45) is 0 Å². The molecule has 0 N–H and O–H groups in total. The second-order valence-electron chi connectivity index (χ2n) is 13.0. The normalized spacial score (nSPS) is 16.9. The zero-order valence-corrected chi connectivity index (χ0v) is 26.5. The molecule has 0 aromatic heterocycles. The number of anilines is 1. The van der Waals surface area contributed by atoms with Crippen LogP contribution in [0.2, 0.25) is 0 Å². The minimum absolute atomic E-state index is 0.199. The monoisotopic (exact) mass is 601 g/mol. The van der Waals surface area contributed by atoms with Gasteiger partial charge in [0.25, 0.3) is 0 Å². The Morgan fingerprint density at radius 3 is 2.09 bits per heavy atom. The number of aryl methyl sites for hydroxylation is 1. The van der Waals surface area contributed by atoms with Gasteiger partial charge in [-0.3, -0.25) is 0 Å². The van der Waals surface area contributed by atoms with Gasteiger partial charge >= 0.3 is 6.18 Å². The van der Waals surface area contributed by atoms with E-state index in [1.807, 2.05) is 12.1 Å². The molecule has 1 unspecified atom stereocenters. The van der Waals surface area contributed by atoms with Crippen LogP contribution in [0.1, 0.15) is 48.6 Å². The van der Waals surface area contributed by atoms with Gasteiger partial charge in [0.05, 0.1) is 11.3 Å². The molecule has 0 saturated heterocycles. The number of hydrogen-bond acceptors (Lipinski definition) is 1. The maximum absolute atomic E-state index is 13.4. The van der Waals surface area contributed by atoms with Crippen molar-refractivity contribution < 1.29 is 13.2 Å². The number of halogens is 3. The lowest BCUT2D eigenvalue weighted by Gasteiger charge is -2.34. The van der Waals surface area contributed by atoms with E-state index in [0.29, 0.717) is 6.42 Å². The number of likely N-dealkylation sites (N-methyl/N-ethyl adjacent to an activating group) is 1. The highest BCUT2D eigenvalue weighted by Gasteiger charge is 2.39. The fourth-order valence-corrected chi connectivity index (χ4v) is 7.25. The van der Waals surface area contributed by atoms with Crippen molar-refractivity contribution in [2.45, 2.75) is 51.1 Å². The Morgan fingerprint density at radius 1 is 0.822 bits per heavy atom. The molecule has 6 rings (SSSR count). The minimum Gasteiger partial charge on any atom is -0.347 e. The number of allylic oxidation sites excluding steroid dienone is 5. The summed E-state index contributed by atoms with van der Waals surface area (Å²) >= 11 is 0. The first-order chi connectivity index (χ1) is 21.3. The Bertz CT molecular complexity index is 1990. The van der Waals surface area contributed by atoms with Crippen LogP contribution in [-0.2, 0) is 23.4 Å². The largest absolute Gasteiger partial charge is 0.416 e. The van der Waals surface area contributed by atoms with Crippen LogP contribution >= 0.6 is 0 Å². The topological polar surface area (TPSA) is 3.24 Å². The van der Waals surface area contributed by atoms with E-state index in [0.717, 1.165) is 33.0 Å². The molecule has 1 aliphatic heterocycles. The van der Waals surface area contributed by atoms with Crippen LogP contribution in [0.4, 0.5) is 18.9 Å². The van der Waals surface area contributed by atoms with E-state index in [1.54, 1.807) is 12.1 Å². The van der Waals surface area contributed by atoms with Gasteiger partial charge in [0, 0.05) is 29.0 Å². The number of benzene rings is 5. The Balaban J connectivity index is 1.41. The molecule has 0 saturated carbocycles. The third-order valence-electron chi connectivity index (χ3n) is 9.70. The molecule has 0 radical (unpaired) electrons. The summed E-state index contributed by atoms with van der Waals surface area (Å²) in [4.78, 5) is 2.29. The van der Waals surface area contributed by atoms with Crippen LogP contribution in [0.5, 0.6) is 0 Å². The predicted molar refractivity (Wildman–Crippen MR) is 183 cm³/mol. The molecule has 1 nitrogen and oxygen atoms in total. The van der Waals surface area contributed by atoms with Gasteiger partial charge < -0.3 is 4.90 Å². The van der Waals surface area contributed by atoms with Gasteiger partial charge in [-0.2, -0.15) is 13.2 Å². The fraction of sp³-hybridized carbons (Fsp3) is 0.220. The Labute approximate surface area is 264 Å². The van der Waals surface area contributed by atoms with E-state index in [1.165, 1.54) is 39.9 Å². The van der Waals surface area contributed by atoms with Crippen LogP contribution in [0.15, 0.2) is 133 Å². The number of alkyl halides is 3. The van der Waals surface area contributed by atoms with E-state index >= 15 is 0 Å². The molecule has 0 fully saturated rings. The van der Waals surface area contributed by atoms with E-state index in [9.17, 15) is 13.2 Å². The maximum Gasteiger partial charge on any atom is 0.416 e. The molecule has 0 spiro atoms. The first kappa shape index (κ1) is 30.5. The van der Waals surface area contributed by atoms with Crippen LogP contribution in [0.3, 0.4) is 0 Å². The third kappa shape index (κ3) is 5.27. The molecule has 1 heterocycles. The highest BCUT2D eigenvalue weighted by Crippen LogP contribution is 2.50. The molecule has 0 bridgehead atoms. The van der Waals surface area contributed by atoms with Gasteiger partial charge in [-0.25, -0.2) is 0 Å². The Hall–Kier alpha value is -4.57. The van der Waals surface area contributed by atoms with Crippen molar-refractivity contribution in [1.29, 1.82) is 0 Å². The van der Waals surface area contributed by atoms with Crippen molar-refractivity contribution in [3.05, 3.63) is 161 Å². The highest BCUT2D eigenvalue weighted by atomic mass is 19.4. The Morgan fingerprint density at radius 2 is 1.42 bits per heavy atom. The SMILES string of the molecule is C=C(/C=C/C=C1/N(C)c2c(ccc3ccccc23)C1(C)C)C(C)(Cc1ccc(C(F)(F)F)cc1)c1c(C)ccc2ccccc12. The second kappa shape index (κ2) is 11.1. The highest BCUT2D eigenvalue weighted by molar-refractivity contribution is 5.99. The lowest BCUT2D eigenvalue weighted by Crippen LogP contribution is -2.28. The summed E-state index contributed by atoms with van der Waals surface area (Å²) in [6.45, 7) is 13.4. The standard InChI is InChI=1S/C41H38F3N/c1-27-18-21-30-13-7-9-15-33(30)37(27)40(5,26-29-19-23-32(24-20-29)41(42,43)44)28(2)12-11-17-36-39(3,4)35-25-22-31-14-8-10-16-34(31)38(35)45(36)6/h7-25H,2,26H2,1,3-6H3/b12-11+,36-17+. The van der Waals surface area contributed by atoms with Gasteiger partial charge in [0.15, 0.2) is 0 Å². The molecule has 228 valence electrons. The minimum atomic E-state index is -4.37. The third-order valence-corrected chi connectivity index (χ3v) is 9.70. The van der Waals surface area contributed by atoms with E-state index in [4.69, 9.17) is 0 Å². The first-order valence-electron chi connectivity index (χ1n) is 15.3. The molecular formula is C41H38F3N. The zero-order chi connectivity index (χ0) is 32.1. The van der Waals surface area contributed by atoms with Gasteiger partial charge in [0.1, 0.15) is 0 Å². The first-order valence-corrected chi connectivity index (χ1v) is 15.3. The van der Waals surface area contributed by atoms with Crippen LogP contribution in [-0.4, -0.2) is 7.05 Å². The molecule has 0 amide bonds. The smallest absolute Gasteiger partial charge is 0.347 e. The van der Waals surface area contributed by atoms with Crippen molar-refractivity contribution in [3.63, 3.8) is 0 Å². The van der Waals surface area contributed by atoms with Crippen LogP contribution in [0, 0.1) is 6.92 Å². The van der Waals surface area contributed by atoms with Crippen LogP contribution < -0.4 is 4.90 Å². The lowest BCUT2D eigenvalue weighted by atomic mass is 9.69. The fourth-order valence-electron chi connectivity index (χ4n) is 7.25. The summed E-state index contributed by atoms with van der Waals surface area (Å²) in [7, 11) is 2.13. The Kier molecular flexibility index (Phi) is 7.51. The van der Waals surface area contributed by atoms with E-state index in [2.05, 4.69) is 125 Å². The number of nitrogens with zero attached hydrogens (tertiary/aromatic N) is 1. The summed E-state index contributed by atoms with van der Waals surface area (Å²) in [5.41, 5.74) is 6.25. The van der Waals surface area contributed by atoms with Gasteiger partial charge in [-0.1, -0.05) is 124 Å². The summed E-state index contributed by atoms with van der Waals surface area (Å²) in [5, 5.41) is 4.69. The van der Waals surface area contributed by atoms with Crippen molar-refractivity contribution >= 4 is 27.2 Å². The van der Waals surface area contributed by atoms with E-state index < -0.39 is 17.2 Å². The van der Waals surface area contributed by atoms with E-state index in [-0.39, 0.29) is 5.41 Å². The quantitative estimate of drug-likeness (QED) is 0.175. The average molecular weight is 602 g/mol. The second-order valence-corrected chi connectivity index (χ2v) is 13.0. The number of hydrogen-bond donors (Lipinski definition) is 0. The van der Waals surface area contributed by atoms with Crippen molar-refractivity contribution in [1.82, 2.24) is 0 Å². The molecule has 1 aliphatic rings. The molecule has 5 aromatic carbocycles. The average Bonchev–Trinajstić information content (AvgIpc) is 3.21. The van der Waals surface area contributed by atoms with Crippen molar-refractivity contribution in [3.8, 4) is 0 Å². The molecule has 5 aromatic rings. The summed E-state index contributed by atoms with van der Waals surface area (Å²) < 4.78 is 40.1. The molecule has 45 heavy (non-hydrogen) atoms. The molecular weight excluding hydrogens is 563 g/mol. The van der Waals surface area contributed by atoms with Crippen LogP contribution in [0.25, 0.3) is 21.5 Å². The molecule has 1 atom stereocenters. The predicted octanol–water partition coefficient (Wildman–Crippen LogP) is 11.2. The summed E-state index contributed by atoms with van der Waals surface area (Å²) in [6.07, 6.45) is 2.46. The zero-order valence-electron chi connectivity index (χ0n) is 26.5. The summed E-state index contributed by atoms with van der Waals surface area (Å²) in [5.74, 6) is 0. The van der Waals surface area contributed by atoms with Gasteiger partial charge in [-0.05, 0) is 75.5 Å².